The number of nitrogens with one attached hydrogen (secondary N) is 2. The van der Waals surface area contributed by atoms with Gasteiger partial charge in [-0.15, -0.1) is 0 Å². The lowest BCUT2D eigenvalue weighted by Gasteiger charge is -2.16. The Balaban J connectivity index is 1.86. The molecule has 22 heavy (non-hydrogen) atoms. The maximum atomic E-state index is 12.4. The largest absolute Gasteiger partial charge is 0.355 e. The molecule has 0 bridgehead atoms. The number of amides is 2. The summed E-state index contributed by atoms with van der Waals surface area (Å²) in [7, 11) is 0. The second kappa shape index (κ2) is 6.95. The van der Waals surface area contributed by atoms with Crippen LogP contribution in [0.1, 0.15) is 44.2 Å². The average molecular weight is 302 g/mol. The van der Waals surface area contributed by atoms with Gasteiger partial charge in [0.15, 0.2) is 0 Å². The molecule has 0 spiro atoms. The molecule has 1 saturated carbocycles. The zero-order valence-electron chi connectivity index (χ0n) is 13.7. The molecule has 1 aromatic rings. The SMILES string of the molecule is Cc1ccccc1CNC(=O)C1(C(=O)NCCC(C)C)CC1. The summed E-state index contributed by atoms with van der Waals surface area (Å²) in [4.78, 5) is 24.6. The minimum Gasteiger partial charge on any atom is -0.355 e. The molecule has 0 aromatic heterocycles. The number of hydrogen-bond acceptors (Lipinski definition) is 2. The first kappa shape index (κ1) is 16.5. The standard InChI is InChI=1S/C18H26N2O2/c1-13(2)8-11-19-16(21)18(9-10-18)17(22)20-12-15-7-5-4-6-14(15)3/h4-7,13H,8-12H2,1-3H3,(H,19,21)(H,20,22). The quantitative estimate of drug-likeness (QED) is 0.761. The van der Waals surface area contributed by atoms with E-state index >= 15 is 0 Å². The third-order valence-electron chi connectivity index (χ3n) is 4.33. The molecule has 0 aliphatic heterocycles. The van der Waals surface area contributed by atoms with E-state index in [2.05, 4.69) is 24.5 Å². The fourth-order valence-corrected chi connectivity index (χ4v) is 2.48. The second-order valence-electron chi connectivity index (χ2n) is 6.63. The Morgan fingerprint density at radius 3 is 2.36 bits per heavy atom. The Bertz CT molecular complexity index is 548. The van der Waals surface area contributed by atoms with Crippen LogP contribution in [-0.2, 0) is 16.1 Å². The van der Waals surface area contributed by atoms with Crippen molar-refractivity contribution >= 4 is 11.8 Å². The Labute approximate surface area is 132 Å². The van der Waals surface area contributed by atoms with Gasteiger partial charge in [0, 0.05) is 13.1 Å². The third-order valence-corrected chi connectivity index (χ3v) is 4.33. The number of hydrogen-bond donors (Lipinski definition) is 2. The van der Waals surface area contributed by atoms with Gasteiger partial charge in [0.1, 0.15) is 5.41 Å². The Morgan fingerprint density at radius 1 is 1.14 bits per heavy atom. The number of carbonyl (C=O) groups excluding carboxylic acids is 2. The lowest BCUT2D eigenvalue weighted by atomic mass is 10.0. The van der Waals surface area contributed by atoms with Crippen LogP contribution in [0.4, 0.5) is 0 Å². The van der Waals surface area contributed by atoms with Gasteiger partial charge in [0.25, 0.3) is 0 Å². The maximum Gasteiger partial charge on any atom is 0.235 e. The summed E-state index contributed by atoms with van der Waals surface area (Å²) < 4.78 is 0. The van der Waals surface area contributed by atoms with Crippen molar-refractivity contribution in [2.24, 2.45) is 11.3 Å². The Hall–Kier alpha value is -1.84. The van der Waals surface area contributed by atoms with E-state index < -0.39 is 5.41 Å². The molecular weight excluding hydrogens is 276 g/mol. The van der Waals surface area contributed by atoms with E-state index in [1.807, 2.05) is 31.2 Å². The van der Waals surface area contributed by atoms with Gasteiger partial charge in [0.05, 0.1) is 0 Å². The highest BCUT2D eigenvalue weighted by molar-refractivity contribution is 6.07. The van der Waals surface area contributed by atoms with E-state index in [0.29, 0.717) is 31.8 Å². The summed E-state index contributed by atoms with van der Waals surface area (Å²) in [5.41, 5.74) is 1.42. The highest BCUT2D eigenvalue weighted by Gasteiger charge is 2.56. The average Bonchev–Trinajstić information content (AvgIpc) is 3.27. The fraction of sp³-hybridized carbons (Fsp3) is 0.556. The van der Waals surface area contributed by atoms with Crippen molar-refractivity contribution in [2.75, 3.05) is 6.54 Å². The summed E-state index contributed by atoms with van der Waals surface area (Å²) in [5, 5.41) is 5.83. The van der Waals surface area contributed by atoms with Crippen molar-refractivity contribution < 1.29 is 9.59 Å². The minimum absolute atomic E-state index is 0.115. The van der Waals surface area contributed by atoms with Crippen LogP contribution >= 0.6 is 0 Å². The molecule has 120 valence electrons. The molecule has 1 aromatic carbocycles. The van der Waals surface area contributed by atoms with Crippen molar-refractivity contribution in [1.82, 2.24) is 10.6 Å². The van der Waals surface area contributed by atoms with E-state index in [1.54, 1.807) is 0 Å². The molecule has 4 nitrogen and oxygen atoms in total. The van der Waals surface area contributed by atoms with E-state index in [0.717, 1.165) is 17.5 Å². The van der Waals surface area contributed by atoms with E-state index in [9.17, 15) is 9.59 Å². The van der Waals surface area contributed by atoms with E-state index in [-0.39, 0.29) is 11.8 Å². The van der Waals surface area contributed by atoms with Gasteiger partial charge in [0.2, 0.25) is 11.8 Å². The second-order valence-corrected chi connectivity index (χ2v) is 6.63. The molecule has 0 atom stereocenters. The first-order valence-corrected chi connectivity index (χ1v) is 8.07. The molecule has 1 fully saturated rings. The van der Waals surface area contributed by atoms with Crippen molar-refractivity contribution in [1.29, 1.82) is 0 Å². The van der Waals surface area contributed by atoms with Gasteiger partial charge < -0.3 is 10.6 Å². The maximum absolute atomic E-state index is 12.4. The highest BCUT2D eigenvalue weighted by Crippen LogP contribution is 2.46. The highest BCUT2D eigenvalue weighted by atomic mass is 16.2. The van der Waals surface area contributed by atoms with Crippen molar-refractivity contribution in [3.05, 3.63) is 35.4 Å². The van der Waals surface area contributed by atoms with Crippen molar-refractivity contribution in [3.8, 4) is 0 Å². The van der Waals surface area contributed by atoms with Gasteiger partial charge in [-0.05, 0) is 43.2 Å². The van der Waals surface area contributed by atoms with Gasteiger partial charge >= 0.3 is 0 Å². The number of benzene rings is 1. The number of rotatable bonds is 7. The molecule has 2 amide bonds. The monoisotopic (exact) mass is 302 g/mol. The zero-order chi connectivity index (χ0) is 16.2. The summed E-state index contributed by atoms with van der Waals surface area (Å²) in [6.45, 7) is 7.38. The van der Waals surface area contributed by atoms with Crippen LogP contribution in [0.3, 0.4) is 0 Å². The predicted molar refractivity (Wildman–Crippen MR) is 87.2 cm³/mol. The smallest absolute Gasteiger partial charge is 0.235 e. The van der Waals surface area contributed by atoms with Gasteiger partial charge in [-0.2, -0.15) is 0 Å². The van der Waals surface area contributed by atoms with Crippen molar-refractivity contribution in [2.45, 2.75) is 46.6 Å². The van der Waals surface area contributed by atoms with Crippen LogP contribution in [0.5, 0.6) is 0 Å². The lowest BCUT2D eigenvalue weighted by Crippen LogP contribution is -2.43. The minimum atomic E-state index is -0.820. The fourth-order valence-electron chi connectivity index (χ4n) is 2.48. The zero-order valence-corrected chi connectivity index (χ0v) is 13.7. The molecule has 0 unspecified atom stereocenters. The summed E-state index contributed by atoms with van der Waals surface area (Å²) in [6.07, 6.45) is 2.24. The van der Waals surface area contributed by atoms with Gasteiger partial charge in [-0.3, -0.25) is 9.59 Å². The first-order chi connectivity index (χ1) is 10.5. The van der Waals surface area contributed by atoms with Gasteiger partial charge in [-0.25, -0.2) is 0 Å². The summed E-state index contributed by atoms with van der Waals surface area (Å²) in [5.74, 6) is 0.290. The van der Waals surface area contributed by atoms with Gasteiger partial charge in [-0.1, -0.05) is 38.1 Å². The molecule has 1 aliphatic rings. The van der Waals surface area contributed by atoms with Crippen LogP contribution < -0.4 is 10.6 Å². The normalized spacial score (nSPS) is 15.5. The van der Waals surface area contributed by atoms with Crippen LogP contribution in [-0.4, -0.2) is 18.4 Å². The van der Waals surface area contributed by atoms with Crippen LogP contribution in [0, 0.1) is 18.3 Å². The van der Waals surface area contributed by atoms with Crippen LogP contribution in [0.25, 0.3) is 0 Å². The number of aryl methyl sites for hydroxylation is 1. The third kappa shape index (κ3) is 3.87. The van der Waals surface area contributed by atoms with E-state index in [1.165, 1.54) is 0 Å². The lowest BCUT2D eigenvalue weighted by molar-refractivity contribution is -0.137. The molecule has 0 radical (unpaired) electrons. The topological polar surface area (TPSA) is 58.2 Å². The Morgan fingerprint density at radius 2 is 1.77 bits per heavy atom. The molecule has 2 N–H and O–H groups in total. The molecule has 0 heterocycles. The Kier molecular flexibility index (Phi) is 5.22. The summed E-state index contributed by atoms with van der Waals surface area (Å²) >= 11 is 0. The van der Waals surface area contributed by atoms with Crippen LogP contribution in [0.15, 0.2) is 24.3 Å². The number of carbonyl (C=O) groups is 2. The molecule has 0 saturated heterocycles. The van der Waals surface area contributed by atoms with E-state index in [4.69, 9.17) is 0 Å². The van der Waals surface area contributed by atoms with Crippen molar-refractivity contribution in [3.63, 3.8) is 0 Å². The molecule has 2 rings (SSSR count). The summed E-state index contributed by atoms with van der Waals surface area (Å²) in [6, 6.07) is 7.95. The first-order valence-electron chi connectivity index (χ1n) is 8.07. The molecular formula is C18H26N2O2. The molecule has 4 heteroatoms. The predicted octanol–water partition coefficient (Wildman–Crippen LogP) is 2.55. The molecule has 1 aliphatic carbocycles. The van der Waals surface area contributed by atoms with Crippen LogP contribution in [0.2, 0.25) is 0 Å².